The molecular formula is C25H29ClFN3O5S. The van der Waals surface area contributed by atoms with E-state index >= 15 is 0 Å². The minimum absolute atomic E-state index is 0.0426. The SMILES string of the molecule is CC(C)C1NC2(CCN(S(=O)(=O)C(=O)c3ccc(F)c(Cl)c3)CC2)N(CCOc2ccccc2)C1=O. The molecular weight excluding hydrogens is 509 g/mol. The van der Waals surface area contributed by atoms with Crippen LogP contribution in [0, 0.1) is 11.7 Å². The predicted octanol–water partition coefficient (Wildman–Crippen LogP) is 3.28. The Balaban J connectivity index is 1.48. The number of benzene rings is 2. The van der Waals surface area contributed by atoms with Crippen molar-refractivity contribution in [3.05, 3.63) is 64.9 Å². The lowest BCUT2D eigenvalue weighted by molar-refractivity contribution is -0.134. The standard InChI is InChI=1S/C25H29ClFN3O5S/c1-17(2)22-23(31)30(14-15-35-19-6-4-3-5-7-19)25(28-22)10-12-29(13-11-25)36(33,34)24(32)18-8-9-21(27)20(26)16-18/h3-9,16-17,22,28H,10-15H2,1-2H3. The molecule has 0 bridgehead atoms. The fraction of sp³-hybridized carbons (Fsp3) is 0.440. The van der Waals surface area contributed by atoms with Gasteiger partial charge in [-0.25, -0.2) is 12.8 Å². The molecule has 1 N–H and O–H groups in total. The van der Waals surface area contributed by atoms with Crippen LogP contribution in [0.3, 0.4) is 0 Å². The third kappa shape index (κ3) is 5.13. The van der Waals surface area contributed by atoms with Crippen molar-refractivity contribution in [2.24, 2.45) is 5.92 Å². The number of piperidine rings is 1. The Morgan fingerprint density at radius 3 is 2.47 bits per heavy atom. The van der Waals surface area contributed by atoms with Gasteiger partial charge < -0.3 is 9.64 Å². The van der Waals surface area contributed by atoms with Crippen LogP contribution < -0.4 is 10.1 Å². The number of nitrogens with zero attached hydrogens (tertiary/aromatic N) is 2. The summed E-state index contributed by atoms with van der Waals surface area (Å²) in [6.45, 7) is 4.63. The van der Waals surface area contributed by atoms with Crippen LogP contribution in [0.25, 0.3) is 0 Å². The molecule has 1 spiro atoms. The highest BCUT2D eigenvalue weighted by atomic mass is 35.5. The summed E-state index contributed by atoms with van der Waals surface area (Å²) in [4.78, 5) is 27.8. The molecule has 2 fully saturated rings. The van der Waals surface area contributed by atoms with Crippen molar-refractivity contribution in [3.8, 4) is 5.75 Å². The number of sulfonamides is 1. The van der Waals surface area contributed by atoms with Gasteiger partial charge in [0.05, 0.1) is 23.3 Å². The van der Waals surface area contributed by atoms with Gasteiger partial charge in [-0.3, -0.25) is 14.9 Å². The molecule has 1 atom stereocenters. The van der Waals surface area contributed by atoms with Crippen molar-refractivity contribution in [1.82, 2.24) is 14.5 Å². The predicted molar refractivity (Wildman–Crippen MR) is 134 cm³/mol. The maximum atomic E-state index is 13.5. The third-order valence-electron chi connectivity index (χ3n) is 6.75. The zero-order valence-corrected chi connectivity index (χ0v) is 21.7. The fourth-order valence-corrected chi connectivity index (χ4v) is 6.26. The lowest BCUT2D eigenvalue weighted by Crippen LogP contribution is -2.60. The van der Waals surface area contributed by atoms with Crippen molar-refractivity contribution in [2.45, 2.75) is 38.4 Å². The Bertz CT molecular complexity index is 1230. The van der Waals surface area contributed by atoms with E-state index in [1.165, 1.54) is 0 Å². The minimum atomic E-state index is -4.35. The van der Waals surface area contributed by atoms with Crippen LogP contribution in [0.15, 0.2) is 48.5 Å². The van der Waals surface area contributed by atoms with Crippen molar-refractivity contribution in [2.75, 3.05) is 26.2 Å². The molecule has 1 amide bonds. The van der Waals surface area contributed by atoms with Crippen molar-refractivity contribution >= 4 is 32.6 Å². The summed E-state index contributed by atoms with van der Waals surface area (Å²) < 4.78 is 46.5. The van der Waals surface area contributed by atoms with E-state index in [-0.39, 0.29) is 42.1 Å². The summed E-state index contributed by atoms with van der Waals surface area (Å²) in [5.41, 5.74) is -0.934. The Kier molecular flexibility index (Phi) is 7.70. The molecule has 0 radical (unpaired) electrons. The van der Waals surface area contributed by atoms with Gasteiger partial charge in [-0.15, -0.1) is 0 Å². The number of nitrogens with one attached hydrogen (secondary N) is 1. The van der Waals surface area contributed by atoms with Gasteiger partial charge in [0, 0.05) is 18.7 Å². The van der Waals surface area contributed by atoms with Gasteiger partial charge in [0.1, 0.15) is 18.2 Å². The van der Waals surface area contributed by atoms with Gasteiger partial charge in [-0.05, 0) is 49.1 Å². The first-order valence-electron chi connectivity index (χ1n) is 11.8. The van der Waals surface area contributed by atoms with E-state index in [4.69, 9.17) is 16.3 Å². The number of hydrogen-bond acceptors (Lipinski definition) is 6. The summed E-state index contributed by atoms with van der Waals surface area (Å²) in [7, 11) is -4.35. The van der Waals surface area contributed by atoms with Crippen LogP contribution >= 0.6 is 11.6 Å². The molecule has 1 unspecified atom stereocenters. The first kappa shape index (κ1) is 26.5. The maximum Gasteiger partial charge on any atom is 0.291 e. The third-order valence-corrected chi connectivity index (χ3v) is 8.78. The first-order valence-corrected chi connectivity index (χ1v) is 13.6. The largest absolute Gasteiger partial charge is 0.492 e. The number of para-hydroxylation sites is 1. The van der Waals surface area contributed by atoms with Crippen molar-refractivity contribution in [3.63, 3.8) is 0 Å². The lowest BCUT2D eigenvalue weighted by atomic mass is 9.97. The molecule has 2 aromatic rings. The molecule has 4 rings (SSSR count). The van der Waals surface area contributed by atoms with Crippen molar-refractivity contribution in [1.29, 1.82) is 0 Å². The van der Waals surface area contributed by atoms with E-state index in [0.29, 0.717) is 25.1 Å². The minimum Gasteiger partial charge on any atom is -0.492 e. The fourth-order valence-electron chi connectivity index (χ4n) is 4.76. The summed E-state index contributed by atoms with van der Waals surface area (Å²) in [6.07, 6.45) is 0.619. The summed E-state index contributed by atoms with van der Waals surface area (Å²) in [5.74, 6) is -0.0404. The second kappa shape index (κ2) is 10.5. The second-order valence-corrected chi connectivity index (χ2v) is 11.6. The first-order chi connectivity index (χ1) is 17.0. The van der Waals surface area contributed by atoms with Gasteiger partial charge in [0.15, 0.2) is 0 Å². The summed E-state index contributed by atoms with van der Waals surface area (Å²) >= 11 is 5.73. The zero-order chi connectivity index (χ0) is 26.1. The van der Waals surface area contributed by atoms with E-state index < -0.39 is 32.7 Å². The number of amides is 1. The molecule has 2 aliphatic heterocycles. The number of hydrogen-bond donors (Lipinski definition) is 1. The Morgan fingerprint density at radius 1 is 1.19 bits per heavy atom. The molecule has 36 heavy (non-hydrogen) atoms. The Morgan fingerprint density at radius 2 is 1.86 bits per heavy atom. The highest BCUT2D eigenvalue weighted by Crippen LogP contribution is 2.35. The monoisotopic (exact) mass is 537 g/mol. The van der Waals surface area contributed by atoms with Crippen LogP contribution in [0.2, 0.25) is 5.02 Å². The quantitative estimate of drug-likeness (QED) is 0.582. The van der Waals surface area contributed by atoms with Gasteiger partial charge >= 0.3 is 0 Å². The molecule has 2 heterocycles. The second-order valence-electron chi connectivity index (χ2n) is 9.37. The average molecular weight is 538 g/mol. The topological polar surface area (TPSA) is 96.0 Å². The molecule has 0 aliphatic carbocycles. The number of carbonyl (C=O) groups excluding carboxylic acids is 2. The molecule has 8 nitrogen and oxygen atoms in total. The van der Waals surface area contributed by atoms with Crippen LogP contribution in [0.5, 0.6) is 5.75 Å². The number of rotatable bonds is 7. The van der Waals surface area contributed by atoms with Gasteiger partial charge in [0.25, 0.3) is 15.1 Å². The van der Waals surface area contributed by atoms with Gasteiger partial charge in [-0.1, -0.05) is 43.6 Å². The maximum absolute atomic E-state index is 13.5. The van der Waals surface area contributed by atoms with Crippen LogP contribution in [-0.4, -0.2) is 66.6 Å². The molecule has 2 saturated heterocycles. The van der Waals surface area contributed by atoms with Gasteiger partial charge in [0.2, 0.25) is 5.91 Å². The van der Waals surface area contributed by atoms with E-state index in [1.54, 1.807) is 4.90 Å². The lowest BCUT2D eigenvalue weighted by Gasteiger charge is -2.44. The molecule has 2 aromatic carbocycles. The zero-order valence-electron chi connectivity index (χ0n) is 20.1. The Labute approximate surface area is 215 Å². The average Bonchev–Trinajstić information content (AvgIpc) is 3.12. The molecule has 2 aliphatic rings. The van der Waals surface area contributed by atoms with Crippen LogP contribution in [0.4, 0.5) is 4.39 Å². The van der Waals surface area contributed by atoms with Crippen LogP contribution in [-0.2, 0) is 14.8 Å². The normalized spacial score (nSPS) is 20.3. The number of ether oxygens (including phenoxy) is 1. The van der Waals surface area contributed by atoms with E-state index in [1.807, 2.05) is 44.2 Å². The summed E-state index contributed by atoms with van der Waals surface area (Å²) in [5, 5.41) is 2.00. The van der Waals surface area contributed by atoms with E-state index in [2.05, 4.69) is 5.32 Å². The molecule has 0 saturated carbocycles. The van der Waals surface area contributed by atoms with Crippen molar-refractivity contribution < 1.29 is 27.1 Å². The highest BCUT2D eigenvalue weighted by Gasteiger charge is 2.53. The highest BCUT2D eigenvalue weighted by molar-refractivity contribution is 8.04. The van der Waals surface area contributed by atoms with Gasteiger partial charge in [-0.2, -0.15) is 4.31 Å². The number of halogens is 2. The summed E-state index contributed by atoms with van der Waals surface area (Å²) in [6, 6.07) is 12.0. The van der Waals surface area contributed by atoms with E-state index in [9.17, 15) is 22.4 Å². The van der Waals surface area contributed by atoms with Crippen LogP contribution in [0.1, 0.15) is 37.0 Å². The molecule has 11 heteroatoms. The molecule has 0 aromatic heterocycles. The smallest absolute Gasteiger partial charge is 0.291 e. The number of carbonyl (C=O) groups is 2. The Hall–Kier alpha value is -2.53. The van der Waals surface area contributed by atoms with E-state index in [0.717, 1.165) is 22.5 Å². The molecule has 194 valence electrons.